The highest BCUT2D eigenvalue weighted by Gasteiger charge is 2.39. The van der Waals surface area contributed by atoms with Crippen LogP contribution in [0.5, 0.6) is 0 Å². The SMILES string of the molecule is C=CC(c1cccc2ccccc12)C(F)(F)F. The number of allylic oxidation sites excluding steroid dienone is 1. The number of rotatable bonds is 2. The normalized spacial score (nSPS) is 13.6. The van der Waals surface area contributed by atoms with Gasteiger partial charge in [-0.25, -0.2) is 0 Å². The molecule has 0 heterocycles. The lowest BCUT2D eigenvalue weighted by molar-refractivity contribution is -0.139. The number of alkyl halides is 3. The summed E-state index contributed by atoms with van der Waals surface area (Å²) in [5, 5.41) is 1.43. The molecule has 0 fully saturated rings. The molecule has 1 atom stereocenters. The van der Waals surface area contributed by atoms with Crippen LogP contribution in [0.25, 0.3) is 10.8 Å². The van der Waals surface area contributed by atoms with Crippen LogP contribution in [-0.4, -0.2) is 6.18 Å². The number of fused-ring (bicyclic) bond motifs is 1. The third kappa shape index (κ3) is 2.18. The fourth-order valence-corrected chi connectivity index (χ4v) is 1.96. The topological polar surface area (TPSA) is 0 Å². The Hall–Kier alpha value is -1.77. The Kier molecular flexibility index (Phi) is 2.92. The minimum absolute atomic E-state index is 0.255. The fraction of sp³-hybridized carbons (Fsp3) is 0.143. The van der Waals surface area contributed by atoms with Gasteiger partial charge in [-0.05, 0) is 16.3 Å². The second-order valence-corrected chi connectivity index (χ2v) is 3.82. The summed E-state index contributed by atoms with van der Waals surface area (Å²) >= 11 is 0. The summed E-state index contributed by atoms with van der Waals surface area (Å²) in [7, 11) is 0. The maximum atomic E-state index is 12.9. The van der Waals surface area contributed by atoms with Gasteiger partial charge in [0.25, 0.3) is 0 Å². The molecule has 0 aromatic heterocycles. The summed E-state index contributed by atoms with van der Waals surface area (Å²) in [6.07, 6.45) is -3.35. The van der Waals surface area contributed by atoms with Crippen molar-refractivity contribution in [2.45, 2.75) is 12.1 Å². The maximum Gasteiger partial charge on any atom is 0.399 e. The van der Waals surface area contributed by atoms with Gasteiger partial charge in [-0.1, -0.05) is 48.5 Å². The highest BCUT2D eigenvalue weighted by molar-refractivity contribution is 5.86. The molecule has 2 aromatic rings. The van der Waals surface area contributed by atoms with Crippen molar-refractivity contribution >= 4 is 10.8 Å². The lowest BCUT2D eigenvalue weighted by Gasteiger charge is -2.18. The van der Waals surface area contributed by atoms with Crippen LogP contribution in [0.3, 0.4) is 0 Å². The van der Waals surface area contributed by atoms with Crippen molar-refractivity contribution in [1.29, 1.82) is 0 Å². The van der Waals surface area contributed by atoms with Crippen LogP contribution >= 0.6 is 0 Å². The van der Waals surface area contributed by atoms with Crippen LogP contribution in [0.15, 0.2) is 55.1 Å². The summed E-state index contributed by atoms with van der Waals surface area (Å²) in [5.41, 5.74) is 0.255. The smallest absolute Gasteiger partial charge is 0.170 e. The van der Waals surface area contributed by atoms with E-state index in [4.69, 9.17) is 0 Å². The standard InChI is InChI=1S/C14H11F3/c1-2-13(14(15,16)17)12-9-5-7-10-6-3-4-8-11(10)12/h2-9,13H,1H2. The first kappa shape index (κ1) is 11.7. The number of hydrogen-bond donors (Lipinski definition) is 0. The zero-order valence-corrected chi connectivity index (χ0v) is 9.04. The van der Waals surface area contributed by atoms with E-state index in [2.05, 4.69) is 6.58 Å². The van der Waals surface area contributed by atoms with Gasteiger partial charge in [0, 0.05) is 0 Å². The van der Waals surface area contributed by atoms with E-state index < -0.39 is 12.1 Å². The van der Waals surface area contributed by atoms with Gasteiger partial charge in [-0.2, -0.15) is 13.2 Å². The van der Waals surface area contributed by atoms with Gasteiger partial charge in [-0.3, -0.25) is 0 Å². The molecule has 0 spiro atoms. The van der Waals surface area contributed by atoms with Gasteiger partial charge in [0.05, 0.1) is 5.92 Å². The van der Waals surface area contributed by atoms with Crippen LogP contribution in [0.4, 0.5) is 13.2 Å². The first-order chi connectivity index (χ1) is 8.04. The lowest BCUT2D eigenvalue weighted by atomic mass is 9.93. The molecule has 0 saturated heterocycles. The molecule has 3 heteroatoms. The Morgan fingerprint density at radius 3 is 2.29 bits per heavy atom. The number of halogens is 3. The predicted molar refractivity (Wildman–Crippen MR) is 62.9 cm³/mol. The van der Waals surface area contributed by atoms with Crippen molar-refractivity contribution in [2.75, 3.05) is 0 Å². The van der Waals surface area contributed by atoms with Crippen molar-refractivity contribution in [3.05, 3.63) is 60.7 Å². The molecule has 0 N–H and O–H groups in total. The van der Waals surface area contributed by atoms with Gasteiger partial charge in [0.2, 0.25) is 0 Å². The van der Waals surface area contributed by atoms with Crippen LogP contribution in [0, 0.1) is 0 Å². The van der Waals surface area contributed by atoms with Crippen molar-refractivity contribution in [1.82, 2.24) is 0 Å². The Bertz CT molecular complexity index is 535. The molecule has 0 aliphatic carbocycles. The molecule has 0 aliphatic rings. The molecule has 0 saturated carbocycles. The van der Waals surface area contributed by atoms with Crippen molar-refractivity contribution in [2.24, 2.45) is 0 Å². The maximum absolute atomic E-state index is 12.9. The van der Waals surface area contributed by atoms with Gasteiger partial charge in [0.1, 0.15) is 0 Å². The highest BCUT2D eigenvalue weighted by atomic mass is 19.4. The fourth-order valence-electron chi connectivity index (χ4n) is 1.96. The quantitative estimate of drug-likeness (QED) is 0.664. The Morgan fingerprint density at radius 2 is 1.65 bits per heavy atom. The third-order valence-electron chi connectivity index (χ3n) is 2.75. The first-order valence-electron chi connectivity index (χ1n) is 5.21. The van der Waals surface area contributed by atoms with E-state index >= 15 is 0 Å². The van der Waals surface area contributed by atoms with E-state index in [1.54, 1.807) is 30.3 Å². The number of hydrogen-bond acceptors (Lipinski definition) is 0. The molecular formula is C14H11F3. The van der Waals surface area contributed by atoms with Crippen LogP contribution in [0.1, 0.15) is 11.5 Å². The first-order valence-corrected chi connectivity index (χ1v) is 5.21. The zero-order valence-electron chi connectivity index (χ0n) is 9.04. The van der Waals surface area contributed by atoms with E-state index in [1.165, 1.54) is 6.07 Å². The largest absolute Gasteiger partial charge is 0.399 e. The minimum atomic E-state index is -4.30. The molecule has 0 bridgehead atoms. The molecule has 0 aliphatic heterocycles. The van der Waals surface area contributed by atoms with E-state index in [0.29, 0.717) is 5.39 Å². The second-order valence-electron chi connectivity index (χ2n) is 3.82. The van der Waals surface area contributed by atoms with Gasteiger partial charge in [-0.15, -0.1) is 6.58 Å². The molecule has 0 radical (unpaired) electrons. The van der Waals surface area contributed by atoms with Crippen LogP contribution in [-0.2, 0) is 0 Å². The molecule has 2 aromatic carbocycles. The van der Waals surface area contributed by atoms with E-state index in [1.807, 2.05) is 6.07 Å². The zero-order chi connectivity index (χ0) is 12.5. The average Bonchev–Trinajstić information content (AvgIpc) is 2.28. The molecule has 0 nitrogen and oxygen atoms in total. The van der Waals surface area contributed by atoms with E-state index in [9.17, 15) is 13.2 Å². The molecule has 0 amide bonds. The summed E-state index contributed by atoms with van der Waals surface area (Å²) in [5.74, 6) is -1.62. The van der Waals surface area contributed by atoms with Crippen LogP contribution in [0.2, 0.25) is 0 Å². The van der Waals surface area contributed by atoms with E-state index in [0.717, 1.165) is 11.5 Å². The van der Waals surface area contributed by atoms with E-state index in [-0.39, 0.29) is 5.56 Å². The Labute approximate surface area is 97.4 Å². The summed E-state index contributed by atoms with van der Waals surface area (Å²) in [4.78, 5) is 0. The van der Waals surface area contributed by atoms with Gasteiger partial charge >= 0.3 is 6.18 Å². The molecule has 88 valence electrons. The molecule has 1 unspecified atom stereocenters. The number of benzene rings is 2. The molecule has 17 heavy (non-hydrogen) atoms. The monoisotopic (exact) mass is 236 g/mol. The Balaban J connectivity index is 2.66. The second kappa shape index (κ2) is 4.24. The van der Waals surface area contributed by atoms with Gasteiger partial charge in [0.15, 0.2) is 0 Å². The highest BCUT2D eigenvalue weighted by Crippen LogP contribution is 2.38. The summed E-state index contributed by atoms with van der Waals surface area (Å²) < 4.78 is 38.6. The van der Waals surface area contributed by atoms with Gasteiger partial charge < -0.3 is 0 Å². The van der Waals surface area contributed by atoms with Crippen molar-refractivity contribution in [3.8, 4) is 0 Å². The minimum Gasteiger partial charge on any atom is -0.170 e. The predicted octanol–water partition coefficient (Wildman–Crippen LogP) is 4.67. The van der Waals surface area contributed by atoms with Crippen molar-refractivity contribution in [3.63, 3.8) is 0 Å². The van der Waals surface area contributed by atoms with Crippen LogP contribution < -0.4 is 0 Å². The van der Waals surface area contributed by atoms with Crippen molar-refractivity contribution < 1.29 is 13.2 Å². The Morgan fingerprint density at radius 1 is 1.00 bits per heavy atom. The lowest BCUT2D eigenvalue weighted by Crippen LogP contribution is -2.18. The summed E-state index contributed by atoms with van der Waals surface area (Å²) in [6, 6.07) is 12.0. The average molecular weight is 236 g/mol. The third-order valence-corrected chi connectivity index (χ3v) is 2.75. The molecular weight excluding hydrogens is 225 g/mol. The summed E-state index contributed by atoms with van der Waals surface area (Å²) in [6.45, 7) is 3.29. The molecule has 2 rings (SSSR count).